The van der Waals surface area contributed by atoms with Gasteiger partial charge in [0.2, 0.25) is 0 Å². The highest BCUT2D eigenvalue weighted by Gasteiger charge is 2.36. The van der Waals surface area contributed by atoms with Crippen LogP contribution in [0.3, 0.4) is 0 Å². The molecule has 38 heavy (non-hydrogen) atoms. The van der Waals surface area contributed by atoms with Gasteiger partial charge in [-0.05, 0) is 56.7 Å². The summed E-state index contributed by atoms with van der Waals surface area (Å²) in [6.45, 7) is 14.2. The lowest BCUT2D eigenvalue weighted by molar-refractivity contribution is -0.0361. The number of piperazine rings is 1. The quantitative estimate of drug-likeness (QED) is 0.571. The largest absolute Gasteiger partial charge is 0.370 e. The Kier molecular flexibility index (Phi) is 6.68. The molecule has 2 aromatic heterocycles. The third-order valence-electron chi connectivity index (χ3n) is 8.19. The van der Waals surface area contributed by atoms with Crippen molar-refractivity contribution in [1.29, 1.82) is 5.26 Å². The average Bonchev–Trinajstić information content (AvgIpc) is 2.91. The molecule has 2 saturated heterocycles. The zero-order valence-corrected chi connectivity index (χ0v) is 22.7. The van der Waals surface area contributed by atoms with Crippen LogP contribution in [-0.2, 0) is 17.7 Å². The Morgan fingerprint density at radius 3 is 2.92 bits per heavy atom. The molecule has 3 aliphatic rings. The first-order valence-corrected chi connectivity index (χ1v) is 13.8. The fraction of sp³-hybridized carbons (Fsp3) is 0.500. The number of anilines is 2. The molecule has 1 aromatic carbocycles. The summed E-state index contributed by atoms with van der Waals surface area (Å²) in [5.41, 5.74) is 6.32. The predicted octanol–water partition coefficient (Wildman–Crippen LogP) is 3.34. The van der Waals surface area contributed by atoms with E-state index in [1.807, 2.05) is 12.1 Å². The second-order valence-electron chi connectivity index (χ2n) is 11.5. The normalized spacial score (nSPS) is 23.7. The Labute approximate surface area is 225 Å². The molecule has 2 atom stereocenters. The number of nitriles is 1. The third-order valence-corrected chi connectivity index (χ3v) is 8.19. The number of pyridine rings is 2. The summed E-state index contributed by atoms with van der Waals surface area (Å²) in [5, 5.41) is 14.1. The number of rotatable bonds is 4. The Morgan fingerprint density at radius 2 is 2.08 bits per heavy atom. The van der Waals surface area contributed by atoms with Crippen LogP contribution in [0, 0.1) is 11.3 Å². The number of hydrogen-bond acceptors (Lipinski definition) is 8. The zero-order valence-electron chi connectivity index (χ0n) is 22.7. The molecule has 0 amide bonds. The molecule has 0 bridgehead atoms. The molecule has 0 spiro atoms. The van der Waals surface area contributed by atoms with E-state index in [0.717, 1.165) is 75.4 Å². The first kappa shape index (κ1) is 25.1. The maximum absolute atomic E-state index is 9.55. The van der Waals surface area contributed by atoms with E-state index in [2.05, 4.69) is 76.2 Å². The molecule has 2 fully saturated rings. The van der Waals surface area contributed by atoms with Crippen molar-refractivity contribution in [2.24, 2.45) is 0 Å². The van der Waals surface area contributed by atoms with Gasteiger partial charge in [-0.2, -0.15) is 5.26 Å². The SMILES string of the molecule is CC1CN(c2ccc(C#N)c3ncccc23)CC(CN2CCN(c3cnc4c(c3)CNCC4)C(C)(C)C2)O1. The van der Waals surface area contributed by atoms with Crippen molar-refractivity contribution >= 4 is 22.3 Å². The number of nitrogens with zero attached hydrogens (tertiary/aromatic N) is 6. The Morgan fingerprint density at radius 1 is 1.18 bits per heavy atom. The average molecular weight is 512 g/mol. The standard InChI is InChI=1S/C30H37N7O/c1-21-17-36(28-7-6-22(14-31)29-26(28)5-4-9-33-29)19-25(38-21)18-35-11-12-37(30(2,3)20-35)24-13-23-15-32-10-8-27(23)34-16-24/h4-7,9,13,16,21,25,32H,8,10-12,15,17-20H2,1-3H3. The number of fused-ring (bicyclic) bond motifs is 2. The molecule has 5 heterocycles. The number of hydrogen-bond donors (Lipinski definition) is 1. The van der Waals surface area contributed by atoms with Gasteiger partial charge in [-0.25, -0.2) is 0 Å². The first-order valence-electron chi connectivity index (χ1n) is 13.8. The van der Waals surface area contributed by atoms with Gasteiger partial charge in [-0.1, -0.05) is 0 Å². The smallest absolute Gasteiger partial charge is 0.101 e. The van der Waals surface area contributed by atoms with Crippen molar-refractivity contribution in [1.82, 2.24) is 20.2 Å². The number of aromatic nitrogens is 2. The minimum Gasteiger partial charge on any atom is -0.370 e. The van der Waals surface area contributed by atoms with Crippen molar-refractivity contribution in [3.63, 3.8) is 0 Å². The van der Waals surface area contributed by atoms with Crippen molar-refractivity contribution in [2.45, 2.75) is 51.5 Å². The number of nitrogens with one attached hydrogen (secondary N) is 1. The molecule has 3 aliphatic heterocycles. The maximum atomic E-state index is 9.55. The van der Waals surface area contributed by atoms with Gasteiger partial charge >= 0.3 is 0 Å². The molecule has 2 unspecified atom stereocenters. The van der Waals surface area contributed by atoms with Crippen LogP contribution < -0.4 is 15.1 Å². The van der Waals surface area contributed by atoms with E-state index in [0.29, 0.717) is 5.56 Å². The van der Waals surface area contributed by atoms with Crippen molar-refractivity contribution in [3.8, 4) is 6.07 Å². The highest BCUT2D eigenvalue weighted by molar-refractivity contribution is 5.95. The van der Waals surface area contributed by atoms with Crippen LogP contribution >= 0.6 is 0 Å². The monoisotopic (exact) mass is 511 g/mol. The van der Waals surface area contributed by atoms with E-state index >= 15 is 0 Å². The highest BCUT2D eigenvalue weighted by Crippen LogP contribution is 2.32. The number of morpholine rings is 1. The Balaban J connectivity index is 1.16. The molecule has 0 radical (unpaired) electrons. The summed E-state index contributed by atoms with van der Waals surface area (Å²) in [5.74, 6) is 0. The first-order chi connectivity index (χ1) is 18.4. The van der Waals surface area contributed by atoms with Crippen LogP contribution in [-0.4, -0.2) is 78.4 Å². The zero-order chi connectivity index (χ0) is 26.3. The van der Waals surface area contributed by atoms with Gasteiger partial charge < -0.3 is 19.9 Å². The molecular weight excluding hydrogens is 474 g/mol. The van der Waals surface area contributed by atoms with E-state index in [9.17, 15) is 5.26 Å². The fourth-order valence-electron chi connectivity index (χ4n) is 6.53. The van der Waals surface area contributed by atoms with E-state index < -0.39 is 0 Å². The summed E-state index contributed by atoms with van der Waals surface area (Å²) in [7, 11) is 0. The summed E-state index contributed by atoms with van der Waals surface area (Å²) in [6.07, 6.45) is 5.08. The second-order valence-corrected chi connectivity index (χ2v) is 11.5. The summed E-state index contributed by atoms with van der Waals surface area (Å²) in [6, 6.07) is 12.6. The molecule has 6 rings (SSSR count). The predicted molar refractivity (Wildman–Crippen MR) is 151 cm³/mol. The third kappa shape index (κ3) is 4.82. The summed E-state index contributed by atoms with van der Waals surface area (Å²) < 4.78 is 6.46. The molecule has 3 aromatic rings. The molecular formula is C30H37N7O. The van der Waals surface area contributed by atoms with Crippen molar-refractivity contribution in [2.75, 3.05) is 55.6 Å². The van der Waals surface area contributed by atoms with E-state index in [-0.39, 0.29) is 17.7 Å². The Hall–Kier alpha value is -3.25. The van der Waals surface area contributed by atoms with Gasteiger partial charge in [0.15, 0.2) is 0 Å². The summed E-state index contributed by atoms with van der Waals surface area (Å²) in [4.78, 5) is 16.8. The van der Waals surface area contributed by atoms with Gasteiger partial charge in [0.05, 0.1) is 35.2 Å². The molecule has 8 nitrogen and oxygen atoms in total. The highest BCUT2D eigenvalue weighted by atomic mass is 16.5. The maximum Gasteiger partial charge on any atom is 0.101 e. The molecule has 0 saturated carbocycles. The van der Waals surface area contributed by atoms with Crippen LogP contribution in [0.1, 0.15) is 37.6 Å². The van der Waals surface area contributed by atoms with E-state index in [4.69, 9.17) is 9.72 Å². The summed E-state index contributed by atoms with van der Waals surface area (Å²) >= 11 is 0. The fourth-order valence-corrected chi connectivity index (χ4v) is 6.53. The topological polar surface area (TPSA) is 80.6 Å². The minimum atomic E-state index is -0.00870. The van der Waals surface area contributed by atoms with Crippen LogP contribution in [0.2, 0.25) is 0 Å². The van der Waals surface area contributed by atoms with Crippen molar-refractivity contribution in [3.05, 3.63) is 59.5 Å². The molecule has 0 aliphatic carbocycles. The lowest BCUT2D eigenvalue weighted by atomic mass is 9.96. The number of benzene rings is 1. The van der Waals surface area contributed by atoms with Crippen molar-refractivity contribution < 1.29 is 4.74 Å². The van der Waals surface area contributed by atoms with E-state index in [1.165, 1.54) is 16.9 Å². The van der Waals surface area contributed by atoms with Gasteiger partial charge in [-0.3, -0.25) is 14.9 Å². The van der Waals surface area contributed by atoms with Gasteiger partial charge in [-0.15, -0.1) is 0 Å². The van der Waals surface area contributed by atoms with Crippen LogP contribution in [0.15, 0.2) is 42.7 Å². The second kappa shape index (κ2) is 10.1. The lowest BCUT2D eigenvalue weighted by Crippen LogP contribution is -2.61. The van der Waals surface area contributed by atoms with Gasteiger partial charge in [0.25, 0.3) is 0 Å². The van der Waals surface area contributed by atoms with Crippen LogP contribution in [0.5, 0.6) is 0 Å². The molecule has 198 valence electrons. The lowest BCUT2D eigenvalue weighted by Gasteiger charge is -2.50. The Bertz CT molecular complexity index is 1370. The van der Waals surface area contributed by atoms with Crippen LogP contribution in [0.25, 0.3) is 10.9 Å². The molecule has 8 heteroatoms. The van der Waals surface area contributed by atoms with Gasteiger partial charge in [0, 0.05) is 87.3 Å². The molecule has 1 N–H and O–H groups in total. The van der Waals surface area contributed by atoms with Gasteiger partial charge in [0.1, 0.15) is 6.07 Å². The van der Waals surface area contributed by atoms with E-state index in [1.54, 1.807) is 6.20 Å². The van der Waals surface area contributed by atoms with Crippen LogP contribution in [0.4, 0.5) is 11.4 Å². The number of ether oxygens (including phenoxy) is 1. The minimum absolute atomic E-state index is 0.00870.